The third kappa shape index (κ3) is 3.92. The lowest BCUT2D eigenvalue weighted by atomic mass is 9.95. The number of likely N-dealkylation sites (tertiary alicyclic amines) is 1. The van der Waals surface area contributed by atoms with Gasteiger partial charge in [0.2, 0.25) is 5.79 Å². The molecule has 2 fully saturated rings. The van der Waals surface area contributed by atoms with E-state index < -0.39 is 5.79 Å². The molecule has 3 atom stereocenters. The maximum Gasteiger partial charge on any atom is 0.223 e. The number of hydrogen-bond acceptors (Lipinski definition) is 3. The van der Waals surface area contributed by atoms with Gasteiger partial charge in [0.1, 0.15) is 18.7 Å². The molecule has 2 aliphatic rings. The van der Waals surface area contributed by atoms with Crippen LogP contribution in [0.3, 0.4) is 0 Å². The monoisotopic (exact) mass is 415 g/mol. The van der Waals surface area contributed by atoms with Gasteiger partial charge in [-0.1, -0.05) is 91.0 Å². The highest BCUT2D eigenvalue weighted by atomic mass is 16.7. The van der Waals surface area contributed by atoms with Gasteiger partial charge < -0.3 is 19.3 Å². The van der Waals surface area contributed by atoms with Crippen LogP contribution in [-0.4, -0.2) is 29.9 Å². The average molecular weight is 416 g/mol. The van der Waals surface area contributed by atoms with Crippen molar-refractivity contribution in [3.05, 3.63) is 113 Å². The minimum Gasteiger partial charge on any atom is -0.632 e. The molecular formula is C27H29NO3. The summed E-state index contributed by atoms with van der Waals surface area (Å²) in [5.41, 5.74) is 3.01. The molecule has 3 unspecified atom stereocenters. The van der Waals surface area contributed by atoms with Crippen LogP contribution < -0.4 is 0 Å². The van der Waals surface area contributed by atoms with E-state index in [1.54, 1.807) is 0 Å². The van der Waals surface area contributed by atoms with Gasteiger partial charge in [-0.25, -0.2) is 0 Å². The summed E-state index contributed by atoms with van der Waals surface area (Å²) in [7, 11) is 0. The Hall–Kier alpha value is -2.50. The third-order valence-corrected chi connectivity index (χ3v) is 6.69. The highest BCUT2D eigenvalue weighted by molar-refractivity contribution is 5.34. The lowest BCUT2D eigenvalue weighted by Gasteiger charge is -2.53. The molecule has 0 spiro atoms. The zero-order valence-electron chi connectivity index (χ0n) is 17.7. The SMILES string of the molecule is [O-][N+]1(Cc2ccccc2)CCCCC1C1COC(c2ccccc2)(c2ccccc2)O1. The van der Waals surface area contributed by atoms with Gasteiger partial charge in [0.05, 0.1) is 13.2 Å². The second-order valence-electron chi connectivity index (χ2n) is 8.70. The minimum absolute atomic E-state index is 0.136. The van der Waals surface area contributed by atoms with E-state index in [1.807, 2.05) is 91.0 Å². The number of piperidine rings is 1. The van der Waals surface area contributed by atoms with Crippen LogP contribution in [0, 0.1) is 5.21 Å². The summed E-state index contributed by atoms with van der Waals surface area (Å²) < 4.78 is 13.0. The fraction of sp³-hybridized carbons (Fsp3) is 0.333. The third-order valence-electron chi connectivity index (χ3n) is 6.69. The average Bonchev–Trinajstić information content (AvgIpc) is 3.27. The topological polar surface area (TPSA) is 41.5 Å². The highest BCUT2D eigenvalue weighted by Gasteiger charge is 2.51. The van der Waals surface area contributed by atoms with Gasteiger partial charge in [-0.05, 0) is 12.8 Å². The standard InChI is InChI=1S/C27H29NO3/c29-28(20-22-12-4-1-5-13-22)19-11-10-18-25(28)26-21-30-27(31-26,23-14-6-2-7-15-23)24-16-8-3-9-17-24/h1-9,12-17,25-26H,10-11,18-21H2. The summed E-state index contributed by atoms with van der Waals surface area (Å²) in [6.07, 6.45) is 2.64. The largest absolute Gasteiger partial charge is 0.632 e. The number of hydrogen-bond donors (Lipinski definition) is 0. The molecular weight excluding hydrogens is 386 g/mol. The Morgan fingerprint density at radius 3 is 2.00 bits per heavy atom. The Labute approximate surface area is 184 Å². The van der Waals surface area contributed by atoms with Gasteiger partial charge in [0, 0.05) is 23.1 Å². The Balaban J connectivity index is 1.47. The Kier molecular flexibility index (Phi) is 5.63. The molecule has 0 saturated carbocycles. The van der Waals surface area contributed by atoms with Crippen molar-refractivity contribution in [2.45, 2.75) is 43.7 Å². The number of benzene rings is 3. The van der Waals surface area contributed by atoms with Crippen molar-refractivity contribution in [3.63, 3.8) is 0 Å². The van der Waals surface area contributed by atoms with E-state index in [0.717, 1.165) is 36.0 Å². The van der Waals surface area contributed by atoms with Crippen LogP contribution in [0.15, 0.2) is 91.0 Å². The molecule has 2 saturated heterocycles. The van der Waals surface area contributed by atoms with E-state index in [0.29, 0.717) is 19.7 Å². The second-order valence-corrected chi connectivity index (χ2v) is 8.70. The van der Waals surface area contributed by atoms with Crippen LogP contribution in [0.4, 0.5) is 0 Å². The maximum absolute atomic E-state index is 14.1. The smallest absolute Gasteiger partial charge is 0.223 e. The normalized spacial score (nSPS) is 27.8. The van der Waals surface area contributed by atoms with Gasteiger partial charge in [0.15, 0.2) is 0 Å². The van der Waals surface area contributed by atoms with Gasteiger partial charge in [-0.3, -0.25) is 0 Å². The molecule has 4 nitrogen and oxygen atoms in total. The van der Waals surface area contributed by atoms with Crippen LogP contribution >= 0.6 is 0 Å². The summed E-state index contributed by atoms with van der Waals surface area (Å²) in [5, 5.41) is 14.1. The quantitative estimate of drug-likeness (QED) is 0.415. The molecule has 0 bridgehead atoms. The van der Waals surface area contributed by atoms with Gasteiger partial charge >= 0.3 is 0 Å². The van der Waals surface area contributed by atoms with E-state index in [1.165, 1.54) is 0 Å². The van der Waals surface area contributed by atoms with Crippen molar-refractivity contribution < 1.29 is 14.1 Å². The van der Waals surface area contributed by atoms with Crippen molar-refractivity contribution in [2.24, 2.45) is 0 Å². The first-order chi connectivity index (χ1) is 15.2. The molecule has 0 amide bonds. The number of hydroxylamine groups is 3. The summed E-state index contributed by atoms with van der Waals surface area (Å²) >= 11 is 0. The fourth-order valence-electron chi connectivity index (χ4n) is 5.17. The molecule has 3 aromatic carbocycles. The van der Waals surface area contributed by atoms with Gasteiger partial charge in [0.25, 0.3) is 0 Å². The van der Waals surface area contributed by atoms with Crippen LogP contribution in [0.1, 0.15) is 36.0 Å². The predicted molar refractivity (Wildman–Crippen MR) is 121 cm³/mol. The number of ether oxygens (including phenoxy) is 2. The van der Waals surface area contributed by atoms with Crippen molar-refractivity contribution in [3.8, 4) is 0 Å². The lowest BCUT2D eigenvalue weighted by molar-refractivity contribution is -0.926. The van der Waals surface area contributed by atoms with Crippen LogP contribution in [0.25, 0.3) is 0 Å². The molecule has 0 aliphatic carbocycles. The van der Waals surface area contributed by atoms with Crippen LogP contribution in [-0.2, 0) is 21.8 Å². The molecule has 5 rings (SSSR count). The molecule has 0 aromatic heterocycles. The Morgan fingerprint density at radius 1 is 0.806 bits per heavy atom. The summed E-state index contributed by atoms with van der Waals surface area (Å²) in [5.74, 6) is -0.970. The summed E-state index contributed by atoms with van der Waals surface area (Å²) in [4.78, 5) is 0. The zero-order chi connectivity index (χ0) is 21.2. The maximum atomic E-state index is 14.1. The van der Waals surface area contributed by atoms with Crippen LogP contribution in [0.5, 0.6) is 0 Å². The highest BCUT2D eigenvalue weighted by Crippen LogP contribution is 2.44. The van der Waals surface area contributed by atoms with Gasteiger partial charge in [-0.2, -0.15) is 0 Å². The molecule has 31 heavy (non-hydrogen) atoms. The molecule has 2 aliphatic heterocycles. The molecule has 3 aromatic rings. The van der Waals surface area contributed by atoms with E-state index in [2.05, 4.69) is 0 Å². The first kappa shape index (κ1) is 20.4. The zero-order valence-corrected chi connectivity index (χ0v) is 17.7. The predicted octanol–water partition coefficient (Wildman–Crippen LogP) is 5.37. The lowest BCUT2D eigenvalue weighted by Crippen LogP contribution is -2.58. The van der Waals surface area contributed by atoms with E-state index >= 15 is 0 Å². The fourth-order valence-corrected chi connectivity index (χ4v) is 5.17. The van der Waals surface area contributed by atoms with Gasteiger partial charge in [-0.15, -0.1) is 0 Å². The van der Waals surface area contributed by atoms with E-state index in [-0.39, 0.29) is 16.8 Å². The molecule has 4 heteroatoms. The number of quaternary nitrogens is 1. The van der Waals surface area contributed by atoms with Crippen molar-refractivity contribution in [1.82, 2.24) is 0 Å². The van der Waals surface area contributed by atoms with Crippen molar-refractivity contribution in [1.29, 1.82) is 0 Å². The van der Waals surface area contributed by atoms with Crippen molar-refractivity contribution in [2.75, 3.05) is 13.2 Å². The summed E-state index contributed by atoms with van der Waals surface area (Å²) in [6, 6.07) is 30.1. The van der Waals surface area contributed by atoms with Crippen LogP contribution in [0.2, 0.25) is 0 Å². The molecule has 0 radical (unpaired) electrons. The molecule has 2 heterocycles. The molecule has 160 valence electrons. The minimum atomic E-state index is -0.970. The first-order valence-corrected chi connectivity index (χ1v) is 11.2. The molecule has 0 N–H and O–H groups in total. The Bertz CT molecular complexity index is 940. The van der Waals surface area contributed by atoms with E-state index in [4.69, 9.17) is 9.47 Å². The number of nitrogens with zero attached hydrogens (tertiary/aromatic N) is 1. The Morgan fingerprint density at radius 2 is 1.39 bits per heavy atom. The van der Waals surface area contributed by atoms with E-state index in [9.17, 15) is 5.21 Å². The van der Waals surface area contributed by atoms with Crippen molar-refractivity contribution >= 4 is 0 Å². The summed E-state index contributed by atoms with van der Waals surface area (Å²) in [6.45, 7) is 1.53. The second kappa shape index (κ2) is 8.56. The first-order valence-electron chi connectivity index (χ1n) is 11.2. The number of rotatable bonds is 5.